The van der Waals surface area contributed by atoms with Crippen LogP contribution in [0.2, 0.25) is 0 Å². The lowest BCUT2D eigenvalue weighted by molar-refractivity contribution is -0.112. The molecule has 1 fully saturated rings. The zero-order valence-electron chi connectivity index (χ0n) is 8.10. The minimum atomic E-state index is 0.127. The number of carbonyl (C=O) groups excluding carboxylic acids is 1. The molecule has 70 valence electrons. The van der Waals surface area contributed by atoms with Gasteiger partial charge in [0.2, 0.25) is 0 Å². The fraction of sp³-hybridized carbons (Fsp3) is 0.700. The predicted molar refractivity (Wildman–Crippen MR) is 52.2 cm³/mol. The van der Waals surface area contributed by atoms with Crippen molar-refractivity contribution in [3.8, 4) is 0 Å². The first-order valence-corrected chi connectivity index (χ1v) is 4.65. The summed E-state index contributed by atoms with van der Waals surface area (Å²) < 4.78 is 0. The van der Waals surface area contributed by atoms with Crippen LogP contribution in [0.25, 0.3) is 0 Å². The summed E-state index contributed by atoms with van der Waals surface area (Å²) in [7, 11) is 0. The Morgan fingerprint density at radius 1 is 1.42 bits per heavy atom. The molecular formula is C10H19NO. The highest BCUT2D eigenvalue weighted by atomic mass is 16.1. The van der Waals surface area contributed by atoms with Gasteiger partial charge in [0.15, 0.2) is 5.78 Å². The predicted octanol–water partition coefficient (Wildman–Crippen LogP) is 1.91. The van der Waals surface area contributed by atoms with Gasteiger partial charge in [-0.25, -0.2) is 0 Å². The molecule has 0 unspecified atom stereocenters. The maximum atomic E-state index is 10.1. The van der Waals surface area contributed by atoms with Crippen molar-refractivity contribution < 1.29 is 4.79 Å². The number of ketones is 1. The summed E-state index contributed by atoms with van der Waals surface area (Å²) in [4.78, 5) is 10.1. The van der Waals surface area contributed by atoms with Crippen LogP contribution in [-0.4, -0.2) is 18.9 Å². The molecule has 1 heterocycles. The van der Waals surface area contributed by atoms with Crippen LogP contribution in [-0.2, 0) is 4.79 Å². The van der Waals surface area contributed by atoms with Crippen LogP contribution in [0.4, 0.5) is 0 Å². The zero-order chi connectivity index (χ0) is 9.23. The van der Waals surface area contributed by atoms with Gasteiger partial charge in [-0.2, -0.15) is 0 Å². The van der Waals surface area contributed by atoms with E-state index in [1.54, 1.807) is 13.0 Å². The highest BCUT2D eigenvalue weighted by Crippen LogP contribution is 1.90. The summed E-state index contributed by atoms with van der Waals surface area (Å²) in [6.45, 7) is 6.05. The van der Waals surface area contributed by atoms with Crippen LogP contribution in [0.3, 0.4) is 0 Å². The Bertz CT molecular complexity index is 129. The second kappa shape index (κ2) is 8.47. The van der Waals surface area contributed by atoms with Gasteiger partial charge in [0, 0.05) is 0 Å². The summed E-state index contributed by atoms with van der Waals surface area (Å²) in [5, 5.41) is 3.22. The highest BCUT2D eigenvalue weighted by Gasteiger charge is 1.93. The molecule has 1 aliphatic rings. The van der Waals surface area contributed by atoms with Gasteiger partial charge in [0.25, 0.3) is 0 Å². The van der Waals surface area contributed by atoms with Crippen molar-refractivity contribution in [2.45, 2.75) is 33.1 Å². The molecule has 1 saturated heterocycles. The summed E-state index contributed by atoms with van der Waals surface area (Å²) in [5.74, 6) is 0.127. The Morgan fingerprint density at radius 3 is 2.17 bits per heavy atom. The molecule has 2 heteroatoms. The first kappa shape index (κ1) is 11.4. The van der Waals surface area contributed by atoms with Crippen molar-refractivity contribution in [1.82, 2.24) is 5.32 Å². The molecule has 0 atom stereocenters. The van der Waals surface area contributed by atoms with Gasteiger partial charge in [0.05, 0.1) is 0 Å². The molecule has 0 aromatic heterocycles. The maximum Gasteiger partial charge on any atom is 0.152 e. The van der Waals surface area contributed by atoms with Crippen molar-refractivity contribution in [2.75, 3.05) is 13.1 Å². The summed E-state index contributed by atoms with van der Waals surface area (Å²) in [6, 6.07) is 0. The Balaban J connectivity index is 0.000000211. The number of allylic oxidation sites excluding steroid dienone is 2. The monoisotopic (exact) mass is 169 g/mol. The number of rotatable bonds is 2. The molecule has 2 nitrogen and oxygen atoms in total. The molecule has 0 radical (unpaired) electrons. The molecule has 1 aliphatic heterocycles. The number of carbonyl (C=O) groups is 1. The summed E-state index contributed by atoms with van der Waals surface area (Å²) in [5.41, 5.74) is 0. The minimum absolute atomic E-state index is 0.127. The van der Waals surface area contributed by atoms with Crippen molar-refractivity contribution in [2.24, 2.45) is 0 Å². The molecule has 1 N–H and O–H groups in total. The van der Waals surface area contributed by atoms with E-state index >= 15 is 0 Å². The fourth-order valence-electron chi connectivity index (χ4n) is 0.909. The molecule has 0 aromatic carbocycles. The first-order valence-electron chi connectivity index (χ1n) is 4.65. The molecular weight excluding hydrogens is 150 g/mol. The van der Waals surface area contributed by atoms with Crippen molar-refractivity contribution in [3.05, 3.63) is 12.2 Å². The molecule has 0 spiro atoms. The SMILES string of the molecule is C1CCNC1.CC/C=C/C(C)=O. The van der Waals surface area contributed by atoms with Crippen molar-refractivity contribution >= 4 is 5.78 Å². The van der Waals surface area contributed by atoms with Crippen LogP contribution >= 0.6 is 0 Å². The average molecular weight is 169 g/mol. The standard InChI is InChI=1S/C6H10O.C4H9N/c1-3-4-5-6(2)7;1-2-4-5-3-1/h4-5H,3H2,1-2H3;5H,1-4H2/b5-4+;. The van der Waals surface area contributed by atoms with Gasteiger partial charge in [-0.3, -0.25) is 4.79 Å². The van der Waals surface area contributed by atoms with E-state index in [9.17, 15) is 4.79 Å². The zero-order valence-corrected chi connectivity index (χ0v) is 8.10. The van der Waals surface area contributed by atoms with Crippen molar-refractivity contribution in [3.63, 3.8) is 0 Å². The van der Waals surface area contributed by atoms with E-state index < -0.39 is 0 Å². The van der Waals surface area contributed by atoms with Gasteiger partial charge in [-0.1, -0.05) is 13.0 Å². The third-order valence-electron chi connectivity index (χ3n) is 1.55. The summed E-state index contributed by atoms with van der Waals surface area (Å²) in [6.07, 6.45) is 7.15. The van der Waals surface area contributed by atoms with Crippen LogP contribution in [0.5, 0.6) is 0 Å². The van der Waals surface area contributed by atoms with E-state index in [2.05, 4.69) is 5.32 Å². The third kappa shape index (κ3) is 9.37. The molecule has 1 rings (SSSR count). The van der Waals surface area contributed by atoms with E-state index in [-0.39, 0.29) is 5.78 Å². The quantitative estimate of drug-likeness (QED) is 0.640. The van der Waals surface area contributed by atoms with Gasteiger partial charge in [-0.15, -0.1) is 0 Å². The lowest BCUT2D eigenvalue weighted by atomic mass is 10.3. The second-order valence-corrected chi connectivity index (χ2v) is 2.88. The van der Waals surface area contributed by atoms with Gasteiger partial charge < -0.3 is 5.32 Å². The smallest absolute Gasteiger partial charge is 0.152 e. The number of hydrogen-bond acceptors (Lipinski definition) is 2. The average Bonchev–Trinajstić information content (AvgIpc) is 2.57. The summed E-state index contributed by atoms with van der Waals surface area (Å²) >= 11 is 0. The minimum Gasteiger partial charge on any atom is -0.317 e. The largest absolute Gasteiger partial charge is 0.317 e. The highest BCUT2D eigenvalue weighted by molar-refractivity contribution is 5.87. The Hall–Kier alpha value is -0.630. The van der Waals surface area contributed by atoms with Crippen molar-refractivity contribution in [1.29, 1.82) is 0 Å². The van der Waals surface area contributed by atoms with E-state index in [0.29, 0.717) is 0 Å². The fourth-order valence-corrected chi connectivity index (χ4v) is 0.909. The van der Waals surface area contributed by atoms with Crippen LogP contribution in [0.15, 0.2) is 12.2 Å². The van der Waals surface area contributed by atoms with E-state index in [4.69, 9.17) is 0 Å². The van der Waals surface area contributed by atoms with Gasteiger partial charge >= 0.3 is 0 Å². The molecule has 0 amide bonds. The second-order valence-electron chi connectivity index (χ2n) is 2.88. The Labute approximate surface area is 75.0 Å². The van der Waals surface area contributed by atoms with E-state index in [1.807, 2.05) is 13.0 Å². The van der Waals surface area contributed by atoms with E-state index in [0.717, 1.165) is 6.42 Å². The number of hydrogen-bond donors (Lipinski definition) is 1. The third-order valence-corrected chi connectivity index (χ3v) is 1.55. The van der Waals surface area contributed by atoms with Gasteiger partial charge in [0.1, 0.15) is 0 Å². The van der Waals surface area contributed by atoms with Crippen LogP contribution < -0.4 is 5.32 Å². The maximum absolute atomic E-state index is 10.1. The lowest BCUT2D eigenvalue weighted by Crippen LogP contribution is -2.03. The normalized spacial score (nSPS) is 15.8. The molecule has 0 aliphatic carbocycles. The van der Waals surface area contributed by atoms with Gasteiger partial charge in [-0.05, 0) is 45.4 Å². The Morgan fingerprint density at radius 2 is 2.00 bits per heavy atom. The van der Waals surface area contributed by atoms with E-state index in [1.165, 1.54) is 25.9 Å². The topological polar surface area (TPSA) is 29.1 Å². The first-order chi connectivity index (χ1) is 5.77. The molecule has 0 bridgehead atoms. The Kier molecular flexibility index (Phi) is 8.02. The van der Waals surface area contributed by atoms with Crippen LogP contribution in [0, 0.1) is 0 Å². The van der Waals surface area contributed by atoms with Crippen LogP contribution in [0.1, 0.15) is 33.1 Å². The molecule has 0 saturated carbocycles. The molecule has 0 aromatic rings. The number of nitrogens with one attached hydrogen (secondary N) is 1. The lowest BCUT2D eigenvalue weighted by Gasteiger charge is -1.76. The molecule has 12 heavy (non-hydrogen) atoms.